The molecule has 0 radical (unpaired) electrons. The number of likely N-dealkylation sites (tertiary alicyclic amines) is 1. The number of halogens is 1. The van der Waals surface area contributed by atoms with Crippen molar-refractivity contribution in [1.82, 2.24) is 20.2 Å². The Morgan fingerprint density at radius 2 is 2.03 bits per heavy atom. The van der Waals surface area contributed by atoms with E-state index in [4.69, 9.17) is 4.74 Å². The monoisotopic (exact) mass is 492 g/mol. The van der Waals surface area contributed by atoms with Crippen LogP contribution in [0.1, 0.15) is 40.0 Å². The summed E-state index contributed by atoms with van der Waals surface area (Å²) in [5.41, 5.74) is 1.84. The number of aromatic amines is 1. The number of carbonyl (C=O) groups excluding carboxylic acids is 2. The van der Waals surface area contributed by atoms with Crippen molar-refractivity contribution in [2.24, 2.45) is 0 Å². The van der Waals surface area contributed by atoms with Crippen molar-refractivity contribution < 1.29 is 14.3 Å². The van der Waals surface area contributed by atoms with Gasteiger partial charge < -0.3 is 30.2 Å². The molecule has 31 heavy (non-hydrogen) atoms. The van der Waals surface area contributed by atoms with Gasteiger partial charge in [0.05, 0.1) is 21.2 Å². The Morgan fingerprint density at radius 3 is 2.71 bits per heavy atom. The quantitative estimate of drug-likeness (QED) is 0.599. The molecule has 2 aliphatic heterocycles. The second kappa shape index (κ2) is 8.57. The Hall–Kier alpha value is -2.49. The average Bonchev–Trinajstić information content (AvgIpc) is 3.01. The van der Waals surface area contributed by atoms with Crippen LogP contribution in [-0.2, 0) is 4.74 Å². The van der Waals surface area contributed by atoms with Gasteiger partial charge in [-0.25, -0.2) is 14.6 Å². The van der Waals surface area contributed by atoms with E-state index in [0.29, 0.717) is 17.9 Å². The molecule has 0 aromatic carbocycles. The summed E-state index contributed by atoms with van der Waals surface area (Å²) in [7, 11) is 0. The lowest BCUT2D eigenvalue weighted by molar-refractivity contribution is 0.0500. The van der Waals surface area contributed by atoms with E-state index in [1.165, 1.54) is 0 Å². The van der Waals surface area contributed by atoms with Crippen molar-refractivity contribution >= 4 is 50.5 Å². The molecule has 3 amide bonds. The molecule has 1 unspecified atom stereocenters. The lowest BCUT2D eigenvalue weighted by Gasteiger charge is -2.36. The van der Waals surface area contributed by atoms with Crippen LogP contribution in [0.5, 0.6) is 0 Å². The number of urea groups is 1. The predicted molar refractivity (Wildman–Crippen MR) is 124 cm³/mol. The summed E-state index contributed by atoms with van der Waals surface area (Å²) in [5, 5.41) is 6.88. The molecule has 168 valence electrons. The van der Waals surface area contributed by atoms with Gasteiger partial charge in [-0.15, -0.1) is 0 Å². The molecule has 0 spiro atoms. The van der Waals surface area contributed by atoms with Gasteiger partial charge in [0, 0.05) is 44.6 Å². The Morgan fingerprint density at radius 1 is 1.26 bits per heavy atom. The molecule has 2 aromatic heterocycles. The highest BCUT2D eigenvalue weighted by Gasteiger charge is 2.28. The molecule has 10 heteroatoms. The zero-order valence-corrected chi connectivity index (χ0v) is 19.7. The molecule has 4 rings (SSSR count). The molecule has 2 saturated heterocycles. The van der Waals surface area contributed by atoms with Crippen molar-refractivity contribution in [3.8, 4) is 0 Å². The number of nitrogens with zero attached hydrogens (tertiary/aromatic N) is 3. The van der Waals surface area contributed by atoms with Gasteiger partial charge in [0.1, 0.15) is 11.2 Å². The number of alkyl carbamates (subject to hydrolysis) is 1. The number of piperidine rings is 1. The molecular weight excluding hydrogens is 464 g/mol. The van der Waals surface area contributed by atoms with Gasteiger partial charge >= 0.3 is 12.1 Å². The van der Waals surface area contributed by atoms with Gasteiger partial charge in [-0.05, 0) is 56.0 Å². The first-order valence-corrected chi connectivity index (χ1v) is 11.5. The maximum absolute atomic E-state index is 12.5. The van der Waals surface area contributed by atoms with E-state index in [1.807, 2.05) is 20.8 Å². The first-order chi connectivity index (χ1) is 14.7. The van der Waals surface area contributed by atoms with Crippen LogP contribution in [0.4, 0.5) is 21.0 Å². The number of pyridine rings is 1. The highest BCUT2D eigenvalue weighted by atomic mass is 79.9. The lowest BCUT2D eigenvalue weighted by atomic mass is 10.0. The molecule has 2 aliphatic rings. The number of H-pyrrole nitrogens is 1. The van der Waals surface area contributed by atoms with Crippen molar-refractivity contribution in [1.29, 1.82) is 0 Å². The van der Waals surface area contributed by atoms with Crippen LogP contribution >= 0.6 is 15.9 Å². The second-order valence-electron chi connectivity index (χ2n) is 9.08. The summed E-state index contributed by atoms with van der Waals surface area (Å²) in [6, 6.07) is -0.127. The van der Waals surface area contributed by atoms with Crippen LogP contribution in [0.2, 0.25) is 0 Å². The Bertz CT molecular complexity index is 981. The third kappa shape index (κ3) is 4.89. The zero-order valence-electron chi connectivity index (χ0n) is 18.1. The van der Waals surface area contributed by atoms with E-state index in [2.05, 4.69) is 41.4 Å². The van der Waals surface area contributed by atoms with Gasteiger partial charge in [-0.2, -0.15) is 0 Å². The summed E-state index contributed by atoms with van der Waals surface area (Å²) >= 11 is 3.65. The van der Waals surface area contributed by atoms with Gasteiger partial charge in [-0.1, -0.05) is 0 Å². The highest BCUT2D eigenvalue weighted by Crippen LogP contribution is 2.39. The van der Waals surface area contributed by atoms with E-state index in [0.717, 1.165) is 54.4 Å². The Labute approximate surface area is 190 Å². The van der Waals surface area contributed by atoms with E-state index >= 15 is 0 Å². The molecule has 1 atom stereocenters. The molecule has 4 heterocycles. The highest BCUT2D eigenvalue weighted by molar-refractivity contribution is 9.10. The standard InChI is InChI=1S/C21H29BrN6O3/c1-21(2,3)31-20(30)25-13-6-4-7-28(12-13)17-14(22)10-23-18-16(17)15(11-24-18)26-19(29)27-8-5-9-27/h10-11,13H,4-9,12H2,1-3H3,(H,23,24)(H,25,30)(H,26,29). The number of anilines is 2. The number of hydrogen-bond donors (Lipinski definition) is 3. The first-order valence-electron chi connectivity index (χ1n) is 10.7. The van der Waals surface area contributed by atoms with Crippen molar-refractivity contribution in [2.45, 2.75) is 51.7 Å². The number of amides is 3. The number of carbonyl (C=O) groups is 2. The molecular formula is C21H29BrN6O3. The molecule has 2 aromatic rings. The Balaban J connectivity index is 1.56. The van der Waals surface area contributed by atoms with Crippen LogP contribution in [0.15, 0.2) is 16.9 Å². The fraction of sp³-hybridized carbons (Fsp3) is 0.571. The van der Waals surface area contributed by atoms with Gasteiger partial charge in [-0.3, -0.25) is 0 Å². The number of rotatable bonds is 3. The van der Waals surface area contributed by atoms with Crippen LogP contribution in [0, 0.1) is 0 Å². The number of ether oxygens (including phenoxy) is 1. The SMILES string of the molecule is CC(C)(C)OC(=O)NC1CCCN(c2c(Br)cnc3[nH]cc(NC(=O)N4CCC4)c23)C1. The van der Waals surface area contributed by atoms with E-state index < -0.39 is 11.7 Å². The molecule has 9 nitrogen and oxygen atoms in total. The van der Waals surface area contributed by atoms with Crippen molar-refractivity contribution in [3.63, 3.8) is 0 Å². The second-order valence-corrected chi connectivity index (χ2v) is 9.94. The lowest BCUT2D eigenvalue weighted by Crippen LogP contribution is -2.49. The predicted octanol–water partition coefficient (Wildman–Crippen LogP) is 4.06. The largest absolute Gasteiger partial charge is 0.444 e. The smallest absolute Gasteiger partial charge is 0.407 e. The van der Waals surface area contributed by atoms with Gasteiger partial charge in [0.15, 0.2) is 0 Å². The third-order valence-electron chi connectivity index (χ3n) is 5.47. The molecule has 0 saturated carbocycles. The normalized spacial score (nSPS) is 19.2. The zero-order chi connectivity index (χ0) is 22.2. The van der Waals surface area contributed by atoms with Crippen LogP contribution < -0.4 is 15.5 Å². The molecule has 0 aliphatic carbocycles. The van der Waals surface area contributed by atoms with Crippen LogP contribution in [-0.4, -0.2) is 64.8 Å². The average molecular weight is 493 g/mol. The van der Waals surface area contributed by atoms with Crippen LogP contribution in [0.3, 0.4) is 0 Å². The fourth-order valence-corrected chi connectivity index (χ4v) is 4.50. The number of nitrogens with one attached hydrogen (secondary N) is 3. The summed E-state index contributed by atoms with van der Waals surface area (Å²) in [5.74, 6) is 0. The minimum absolute atomic E-state index is 0.0308. The number of hydrogen-bond acceptors (Lipinski definition) is 5. The van der Waals surface area contributed by atoms with E-state index in [-0.39, 0.29) is 12.1 Å². The van der Waals surface area contributed by atoms with Crippen molar-refractivity contribution in [2.75, 3.05) is 36.4 Å². The summed E-state index contributed by atoms with van der Waals surface area (Å²) < 4.78 is 6.26. The molecule has 3 N–H and O–H groups in total. The van der Waals surface area contributed by atoms with Gasteiger partial charge in [0.25, 0.3) is 0 Å². The fourth-order valence-electron chi connectivity index (χ4n) is 3.95. The third-order valence-corrected chi connectivity index (χ3v) is 6.05. The van der Waals surface area contributed by atoms with Crippen molar-refractivity contribution in [3.05, 3.63) is 16.9 Å². The molecule has 2 fully saturated rings. The van der Waals surface area contributed by atoms with E-state index in [1.54, 1.807) is 17.3 Å². The van der Waals surface area contributed by atoms with Gasteiger partial charge in [0.2, 0.25) is 0 Å². The molecule has 0 bridgehead atoms. The van der Waals surface area contributed by atoms with Crippen LogP contribution in [0.25, 0.3) is 11.0 Å². The first kappa shape index (κ1) is 21.7. The maximum Gasteiger partial charge on any atom is 0.407 e. The summed E-state index contributed by atoms with van der Waals surface area (Å²) in [6.07, 6.45) is 6.00. The Kier molecular flexibility index (Phi) is 6.00. The minimum atomic E-state index is -0.534. The number of aromatic nitrogens is 2. The summed E-state index contributed by atoms with van der Waals surface area (Å²) in [4.78, 5) is 36.4. The number of fused-ring (bicyclic) bond motifs is 1. The summed E-state index contributed by atoms with van der Waals surface area (Å²) in [6.45, 7) is 8.61. The van der Waals surface area contributed by atoms with E-state index in [9.17, 15) is 9.59 Å². The minimum Gasteiger partial charge on any atom is -0.444 e. The maximum atomic E-state index is 12.5. The topological polar surface area (TPSA) is 103 Å².